The zero-order valence-electron chi connectivity index (χ0n) is 16.3. The molecule has 0 aliphatic carbocycles. The topological polar surface area (TPSA) is 109 Å². The van der Waals surface area contributed by atoms with E-state index in [0.717, 1.165) is 0 Å². The normalized spacial score (nSPS) is 19.8. The summed E-state index contributed by atoms with van der Waals surface area (Å²) in [6.07, 6.45) is -0.702. The SMILES string of the molecule is Cc1cc2c(cc1S(=O)(=O)N1CCN(C(=O)c3ccc(Br)o3)CC1)O[C@H](C)C(=O)N2. The van der Waals surface area contributed by atoms with E-state index in [0.29, 0.717) is 21.7 Å². The van der Waals surface area contributed by atoms with Crippen molar-refractivity contribution in [3.05, 3.63) is 40.3 Å². The number of ether oxygens (including phenoxy) is 1. The summed E-state index contributed by atoms with van der Waals surface area (Å²) in [7, 11) is -3.80. The summed E-state index contributed by atoms with van der Waals surface area (Å²) in [5.74, 6) is -0.0248. The van der Waals surface area contributed by atoms with E-state index >= 15 is 0 Å². The number of carbonyl (C=O) groups is 2. The number of benzene rings is 1. The van der Waals surface area contributed by atoms with Crippen LogP contribution < -0.4 is 10.1 Å². The van der Waals surface area contributed by atoms with Gasteiger partial charge in [-0.15, -0.1) is 0 Å². The number of carbonyl (C=O) groups excluding carboxylic acids is 2. The molecule has 0 unspecified atom stereocenters. The van der Waals surface area contributed by atoms with Crippen molar-refractivity contribution in [3.8, 4) is 5.75 Å². The second-order valence-electron chi connectivity index (χ2n) is 7.16. The van der Waals surface area contributed by atoms with Gasteiger partial charge in [0.05, 0.1) is 10.6 Å². The first-order valence-corrected chi connectivity index (χ1v) is 11.6. The highest BCUT2D eigenvalue weighted by Crippen LogP contribution is 2.35. The van der Waals surface area contributed by atoms with E-state index in [-0.39, 0.29) is 48.6 Å². The van der Waals surface area contributed by atoms with Crippen LogP contribution in [0, 0.1) is 6.92 Å². The van der Waals surface area contributed by atoms with Gasteiger partial charge in [0.25, 0.3) is 11.8 Å². The number of halogens is 1. The number of amides is 2. The molecule has 2 aromatic rings. The number of nitrogens with zero attached hydrogens (tertiary/aromatic N) is 2. The predicted octanol–water partition coefficient (Wildman–Crippen LogP) is 2.22. The number of nitrogens with one attached hydrogen (secondary N) is 1. The van der Waals surface area contributed by atoms with Crippen LogP contribution in [0.3, 0.4) is 0 Å². The van der Waals surface area contributed by atoms with Crippen molar-refractivity contribution in [2.75, 3.05) is 31.5 Å². The molecule has 0 radical (unpaired) electrons. The van der Waals surface area contributed by atoms with E-state index in [1.807, 2.05) is 0 Å². The zero-order valence-corrected chi connectivity index (χ0v) is 18.7. The molecule has 2 amide bonds. The summed E-state index contributed by atoms with van der Waals surface area (Å²) in [6.45, 7) is 4.11. The molecule has 30 heavy (non-hydrogen) atoms. The minimum atomic E-state index is -3.80. The Morgan fingerprint density at radius 2 is 1.90 bits per heavy atom. The van der Waals surface area contributed by atoms with Crippen LogP contribution in [0.4, 0.5) is 5.69 Å². The molecule has 9 nitrogen and oxygen atoms in total. The van der Waals surface area contributed by atoms with Crippen LogP contribution in [0.15, 0.2) is 38.2 Å². The molecule has 3 heterocycles. The number of anilines is 1. The van der Waals surface area contributed by atoms with E-state index < -0.39 is 16.1 Å². The number of rotatable bonds is 3. The van der Waals surface area contributed by atoms with Gasteiger partial charge in [0.1, 0.15) is 5.75 Å². The first-order chi connectivity index (χ1) is 14.2. The van der Waals surface area contributed by atoms with Crippen LogP contribution in [0.2, 0.25) is 0 Å². The third-order valence-corrected chi connectivity index (χ3v) is 7.60. The van der Waals surface area contributed by atoms with Crippen LogP contribution >= 0.6 is 15.9 Å². The van der Waals surface area contributed by atoms with E-state index in [1.165, 1.54) is 10.4 Å². The molecule has 0 spiro atoms. The van der Waals surface area contributed by atoms with E-state index in [9.17, 15) is 18.0 Å². The fourth-order valence-corrected chi connectivity index (χ4v) is 5.43. The third-order valence-electron chi connectivity index (χ3n) is 5.14. The maximum atomic E-state index is 13.2. The zero-order chi connectivity index (χ0) is 21.6. The lowest BCUT2D eigenvalue weighted by Crippen LogP contribution is -2.50. The van der Waals surface area contributed by atoms with Crippen molar-refractivity contribution in [1.82, 2.24) is 9.21 Å². The van der Waals surface area contributed by atoms with Gasteiger partial charge in [-0.25, -0.2) is 8.42 Å². The number of aryl methyl sites for hydroxylation is 1. The summed E-state index contributed by atoms with van der Waals surface area (Å²) in [5, 5.41) is 2.72. The number of furan rings is 1. The smallest absolute Gasteiger partial charge is 0.289 e. The Bertz CT molecular complexity index is 1120. The van der Waals surface area contributed by atoms with Gasteiger partial charge < -0.3 is 19.4 Å². The second-order valence-corrected chi connectivity index (χ2v) is 9.85. The Morgan fingerprint density at radius 3 is 2.53 bits per heavy atom. The Kier molecular flexibility index (Phi) is 5.37. The molecule has 1 saturated heterocycles. The molecule has 11 heteroatoms. The Labute approximate surface area is 182 Å². The van der Waals surface area contributed by atoms with Crippen molar-refractivity contribution >= 4 is 43.5 Å². The van der Waals surface area contributed by atoms with Crippen molar-refractivity contribution < 1.29 is 27.2 Å². The van der Waals surface area contributed by atoms with Gasteiger partial charge in [-0.3, -0.25) is 9.59 Å². The maximum absolute atomic E-state index is 13.2. The Hall–Kier alpha value is -2.37. The first kappa shape index (κ1) is 20.9. The van der Waals surface area contributed by atoms with Gasteiger partial charge in [0.15, 0.2) is 16.5 Å². The van der Waals surface area contributed by atoms with Crippen LogP contribution in [0.25, 0.3) is 0 Å². The second kappa shape index (κ2) is 7.71. The minimum Gasteiger partial charge on any atom is -0.479 e. The van der Waals surface area contributed by atoms with Crippen molar-refractivity contribution in [1.29, 1.82) is 0 Å². The highest BCUT2D eigenvalue weighted by atomic mass is 79.9. The summed E-state index contributed by atoms with van der Waals surface area (Å²) < 4.78 is 39.2. The molecule has 0 saturated carbocycles. The fourth-order valence-electron chi connectivity index (χ4n) is 3.48. The molecule has 160 valence electrons. The van der Waals surface area contributed by atoms with E-state index in [2.05, 4.69) is 21.2 Å². The van der Waals surface area contributed by atoms with Crippen LogP contribution in [-0.4, -0.2) is 61.7 Å². The monoisotopic (exact) mass is 497 g/mol. The third kappa shape index (κ3) is 3.72. The number of sulfonamides is 1. The van der Waals surface area contributed by atoms with Gasteiger partial charge in [-0.05, 0) is 53.5 Å². The lowest BCUT2D eigenvalue weighted by Gasteiger charge is -2.34. The molecule has 2 aliphatic heterocycles. The fraction of sp³-hybridized carbons (Fsp3) is 0.368. The van der Waals surface area contributed by atoms with Crippen molar-refractivity contribution in [2.45, 2.75) is 24.8 Å². The van der Waals surface area contributed by atoms with E-state index in [1.54, 1.807) is 36.9 Å². The van der Waals surface area contributed by atoms with Crippen LogP contribution in [0.5, 0.6) is 5.75 Å². The summed E-state index contributed by atoms with van der Waals surface area (Å²) in [4.78, 5) is 26.0. The van der Waals surface area contributed by atoms with Gasteiger partial charge in [0.2, 0.25) is 10.0 Å². The van der Waals surface area contributed by atoms with Gasteiger partial charge >= 0.3 is 0 Å². The minimum absolute atomic E-state index is 0.124. The molecule has 4 rings (SSSR count). The predicted molar refractivity (Wildman–Crippen MR) is 111 cm³/mol. The Balaban J connectivity index is 1.52. The van der Waals surface area contributed by atoms with Gasteiger partial charge in [0, 0.05) is 32.2 Å². The number of fused-ring (bicyclic) bond motifs is 1. The lowest BCUT2D eigenvalue weighted by molar-refractivity contribution is -0.122. The Morgan fingerprint density at radius 1 is 1.20 bits per heavy atom. The molecule has 0 bridgehead atoms. The molecule has 1 fully saturated rings. The molecule has 1 aromatic heterocycles. The maximum Gasteiger partial charge on any atom is 0.289 e. The number of hydrogen-bond acceptors (Lipinski definition) is 6. The lowest BCUT2D eigenvalue weighted by atomic mass is 10.1. The number of piperazine rings is 1. The van der Waals surface area contributed by atoms with E-state index in [4.69, 9.17) is 9.15 Å². The molecular formula is C19H20BrN3O6S. The molecule has 1 N–H and O–H groups in total. The molecule has 1 aromatic carbocycles. The van der Waals surface area contributed by atoms with Gasteiger partial charge in [-0.2, -0.15) is 4.31 Å². The summed E-state index contributed by atoms with van der Waals surface area (Å²) in [5.41, 5.74) is 0.959. The molecule has 2 aliphatic rings. The van der Waals surface area contributed by atoms with Gasteiger partial charge in [-0.1, -0.05) is 0 Å². The highest BCUT2D eigenvalue weighted by molar-refractivity contribution is 9.10. The number of hydrogen-bond donors (Lipinski definition) is 1. The average Bonchev–Trinajstić information content (AvgIpc) is 3.14. The first-order valence-electron chi connectivity index (χ1n) is 9.34. The van der Waals surface area contributed by atoms with Crippen molar-refractivity contribution in [3.63, 3.8) is 0 Å². The standard InChI is InChI=1S/C19H20BrN3O6S/c1-11-9-13-15(28-12(2)18(24)21-13)10-16(11)30(26,27)23-7-5-22(6-8-23)19(25)14-3-4-17(20)29-14/h3-4,9-10,12H,5-8H2,1-2H3,(H,21,24)/t12-/m1/s1. The largest absolute Gasteiger partial charge is 0.479 e. The highest BCUT2D eigenvalue weighted by Gasteiger charge is 2.34. The van der Waals surface area contributed by atoms with Crippen LogP contribution in [-0.2, 0) is 14.8 Å². The summed E-state index contributed by atoms with van der Waals surface area (Å²) in [6, 6.07) is 6.26. The quantitative estimate of drug-likeness (QED) is 0.696. The molecule has 1 atom stereocenters. The van der Waals surface area contributed by atoms with Crippen molar-refractivity contribution in [2.24, 2.45) is 0 Å². The molecular weight excluding hydrogens is 478 g/mol. The summed E-state index contributed by atoms with van der Waals surface area (Å²) >= 11 is 3.17. The average molecular weight is 498 g/mol. The van der Waals surface area contributed by atoms with Crippen LogP contribution in [0.1, 0.15) is 23.0 Å².